The average molecular weight is 489 g/mol. The minimum atomic E-state index is -3.72. The number of carbonyl (C=O) groups is 3. The third kappa shape index (κ3) is 6.33. The molecule has 0 radical (unpaired) electrons. The van der Waals surface area contributed by atoms with Gasteiger partial charge in [0, 0.05) is 24.3 Å². The van der Waals surface area contributed by atoms with Crippen molar-refractivity contribution in [3.8, 4) is 0 Å². The first-order valence-electron chi connectivity index (χ1n) is 10.9. The number of hydrogen-bond acceptors (Lipinski definition) is 6. The third-order valence-corrected chi connectivity index (χ3v) is 7.24. The minimum absolute atomic E-state index is 0.0247. The van der Waals surface area contributed by atoms with Gasteiger partial charge in [0.25, 0.3) is 5.91 Å². The molecule has 3 amide bonds. The van der Waals surface area contributed by atoms with Crippen LogP contribution in [0.2, 0.25) is 0 Å². The van der Waals surface area contributed by atoms with Crippen LogP contribution in [0.1, 0.15) is 35.7 Å². The molecule has 11 heteroatoms. The van der Waals surface area contributed by atoms with Crippen LogP contribution in [0.15, 0.2) is 53.4 Å². The monoisotopic (exact) mass is 488 g/mol. The molecule has 1 heterocycles. The summed E-state index contributed by atoms with van der Waals surface area (Å²) in [7, 11) is -3.72. The highest BCUT2D eigenvalue weighted by molar-refractivity contribution is 7.89. The largest absolute Gasteiger partial charge is 0.450 e. The maximum Gasteiger partial charge on any atom is 0.411 e. The Hall–Kier alpha value is -3.44. The van der Waals surface area contributed by atoms with Crippen molar-refractivity contribution in [1.82, 2.24) is 15.2 Å². The summed E-state index contributed by atoms with van der Waals surface area (Å²) in [4.78, 5) is 36.8. The summed E-state index contributed by atoms with van der Waals surface area (Å²) in [5.74, 6) is -1.66. The fraction of sp³-hybridized carbons (Fsp3) is 0.348. The molecule has 0 spiro atoms. The molecule has 0 saturated carbocycles. The number of sulfonamides is 1. The Labute approximate surface area is 198 Å². The number of anilines is 1. The van der Waals surface area contributed by atoms with Crippen LogP contribution in [0.4, 0.5) is 10.5 Å². The predicted octanol–water partition coefficient (Wildman–Crippen LogP) is 2.43. The van der Waals surface area contributed by atoms with Gasteiger partial charge in [-0.15, -0.1) is 0 Å². The van der Waals surface area contributed by atoms with Crippen LogP contribution in [0.3, 0.4) is 0 Å². The number of hydrogen-bond donors (Lipinski definition) is 3. The van der Waals surface area contributed by atoms with Gasteiger partial charge in [-0.1, -0.05) is 23.8 Å². The first-order valence-corrected chi connectivity index (χ1v) is 12.4. The lowest BCUT2D eigenvalue weighted by Gasteiger charge is -2.31. The van der Waals surface area contributed by atoms with Crippen molar-refractivity contribution < 1.29 is 27.5 Å². The molecule has 34 heavy (non-hydrogen) atoms. The number of hydrazine groups is 1. The van der Waals surface area contributed by atoms with Gasteiger partial charge in [0.15, 0.2) is 0 Å². The molecule has 10 nitrogen and oxygen atoms in total. The van der Waals surface area contributed by atoms with Crippen LogP contribution in [0.5, 0.6) is 0 Å². The Balaban J connectivity index is 1.58. The maximum absolute atomic E-state index is 13.0. The van der Waals surface area contributed by atoms with Crippen LogP contribution in [-0.4, -0.2) is 50.3 Å². The Morgan fingerprint density at radius 2 is 1.82 bits per heavy atom. The summed E-state index contributed by atoms with van der Waals surface area (Å²) in [6.07, 6.45) is 0.384. The van der Waals surface area contributed by atoms with Gasteiger partial charge in [0.2, 0.25) is 15.9 Å². The number of nitrogens with one attached hydrogen (secondary N) is 3. The minimum Gasteiger partial charge on any atom is -0.450 e. The van der Waals surface area contributed by atoms with Crippen molar-refractivity contribution >= 4 is 33.6 Å². The van der Waals surface area contributed by atoms with E-state index in [2.05, 4.69) is 16.2 Å². The van der Waals surface area contributed by atoms with Crippen LogP contribution < -0.4 is 16.2 Å². The van der Waals surface area contributed by atoms with E-state index in [-0.39, 0.29) is 23.6 Å². The molecule has 0 aromatic heterocycles. The van der Waals surface area contributed by atoms with E-state index < -0.39 is 33.8 Å². The lowest BCUT2D eigenvalue weighted by Crippen LogP contribution is -2.50. The van der Waals surface area contributed by atoms with E-state index in [4.69, 9.17) is 4.74 Å². The average Bonchev–Trinajstić information content (AvgIpc) is 2.83. The molecule has 2 aromatic carbocycles. The highest BCUT2D eigenvalue weighted by atomic mass is 32.2. The molecule has 1 aliphatic rings. The molecule has 0 bridgehead atoms. The number of benzene rings is 2. The first kappa shape index (κ1) is 25.2. The zero-order valence-corrected chi connectivity index (χ0v) is 19.9. The van der Waals surface area contributed by atoms with Crippen molar-refractivity contribution in [3.05, 3.63) is 59.7 Å². The van der Waals surface area contributed by atoms with Crippen LogP contribution in [0.25, 0.3) is 0 Å². The third-order valence-electron chi connectivity index (χ3n) is 5.36. The van der Waals surface area contributed by atoms with Crippen molar-refractivity contribution in [2.24, 2.45) is 5.92 Å². The maximum atomic E-state index is 13.0. The molecule has 0 aliphatic carbocycles. The van der Waals surface area contributed by atoms with E-state index in [9.17, 15) is 22.8 Å². The first-order chi connectivity index (χ1) is 16.2. The summed E-state index contributed by atoms with van der Waals surface area (Å²) < 4.78 is 32.0. The number of carbonyl (C=O) groups excluding carboxylic acids is 3. The van der Waals surface area contributed by atoms with Gasteiger partial charge in [0.05, 0.1) is 17.4 Å². The fourth-order valence-corrected chi connectivity index (χ4v) is 5.07. The summed E-state index contributed by atoms with van der Waals surface area (Å²) in [5.41, 5.74) is 6.25. The highest BCUT2D eigenvalue weighted by Gasteiger charge is 2.33. The second-order valence-electron chi connectivity index (χ2n) is 7.88. The second-order valence-corrected chi connectivity index (χ2v) is 9.82. The number of amides is 3. The molecule has 182 valence electrons. The standard InChI is InChI=1S/C23H28N4O6S/c1-3-33-23(30)24-19-8-4-6-17(14-19)21(28)25-26-22(29)18-7-5-13-27(15-18)34(31,32)20-11-9-16(2)10-12-20/h4,6,8-12,14,18H,3,5,7,13,15H2,1-2H3,(H,24,30)(H,25,28)(H,26,29)/t18-/m1/s1. The normalized spacial score (nSPS) is 16.4. The number of nitrogens with zero attached hydrogens (tertiary/aromatic N) is 1. The van der Waals surface area contributed by atoms with Crippen molar-refractivity contribution in [3.63, 3.8) is 0 Å². The van der Waals surface area contributed by atoms with E-state index in [1.54, 1.807) is 43.3 Å². The molecule has 1 aliphatic heterocycles. The van der Waals surface area contributed by atoms with Gasteiger partial charge in [-0.05, 0) is 57.0 Å². The van der Waals surface area contributed by atoms with Crippen LogP contribution in [-0.2, 0) is 19.6 Å². The molecule has 0 unspecified atom stereocenters. The lowest BCUT2D eigenvalue weighted by atomic mass is 9.99. The highest BCUT2D eigenvalue weighted by Crippen LogP contribution is 2.24. The van der Waals surface area contributed by atoms with E-state index in [0.29, 0.717) is 25.1 Å². The molecule has 1 atom stereocenters. The lowest BCUT2D eigenvalue weighted by molar-refractivity contribution is -0.126. The number of ether oxygens (including phenoxy) is 1. The van der Waals surface area contributed by atoms with Crippen LogP contribution >= 0.6 is 0 Å². The van der Waals surface area contributed by atoms with Gasteiger partial charge < -0.3 is 4.74 Å². The Bertz CT molecular complexity index is 1150. The molecule has 3 N–H and O–H groups in total. The van der Waals surface area contributed by atoms with Crippen molar-refractivity contribution in [2.45, 2.75) is 31.6 Å². The van der Waals surface area contributed by atoms with Crippen molar-refractivity contribution in [2.75, 3.05) is 25.0 Å². The predicted molar refractivity (Wildman–Crippen MR) is 125 cm³/mol. The fourth-order valence-electron chi connectivity index (χ4n) is 3.55. The van der Waals surface area contributed by atoms with Gasteiger partial charge in [-0.25, -0.2) is 13.2 Å². The molecular weight excluding hydrogens is 460 g/mol. The Kier molecular flexibility index (Phi) is 8.24. The van der Waals surface area contributed by atoms with Crippen LogP contribution in [0, 0.1) is 12.8 Å². The number of piperidine rings is 1. The summed E-state index contributed by atoms with van der Waals surface area (Å²) in [6.45, 7) is 4.11. The van der Waals surface area contributed by atoms with Gasteiger partial charge >= 0.3 is 6.09 Å². The van der Waals surface area contributed by atoms with E-state index >= 15 is 0 Å². The summed E-state index contributed by atoms with van der Waals surface area (Å²) >= 11 is 0. The quantitative estimate of drug-likeness (QED) is 0.535. The van der Waals surface area contributed by atoms with E-state index in [1.807, 2.05) is 6.92 Å². The smallest absolute Gasteiger partial charge is 0.411 e. The summed E-state index contributed by atoms with van der Waals surface area (Å²) in [5, 5.41) is 2.50. The summed E-state index contributed by atoms with van der Waals surface area (Å²) in [6, 6.07) is 12.7. The topological polar surface area (TPSA) is 134 Å². The molecule has 2 aromatic rings. The molecule has 3 rings (SSSR count). The van der Waals surface area contributed by atoms with E-state index in [0.717, 1.165) is 5.56 Å². The van der Waals surface area contributed by atoms with Gasteiger partial charge in [0.1, 0.15) is 0 Å². The number of aryl methyl sites for hydroxylation is 1. The second kappa shape index (κ2) is 11.1. The molecular formula is C23H28N4O6S. The van der Waals surface area contributed by atoms with Gasteiger partial charge in [-0.3, -0.25) is 25.8 Å². The van der Waals surface area contributed by atoms with Gasteiger partial charge in [-0.2, -0.15) is 4.31 Å². The Morgan fingerprint density at radius 3 is 2.53 bits per heavy atom. The zero-order chi connectivity index (χ0) is 24.7. The van der Waals surface area contributed by atoms with Crippen molar-refractivity contribution in [1.29, 1.82) is 0 Å². The zero-order valence-electron chi connectivity index (χ0n) is 19.0. The SMILES string of the molecule is CCOC(=O)Nc1cccc(C(=O)NNC(=O)[C@@H]2CCCN(S(=O)(=O)c3ccc(C)cc3)C2)c1. The van der Waals surface area contributed by atoms with E-state index in [1.165, 1.54) is 16.4 Å². The Morgan fingerprint density at radius 1 is 1.09 bits per heavy atom. The number of rotatable bonds is 6. The molecule has 1 fully saturated rings. The molecule has 1 saturated heterocycles.